The fourth-order valence-electron chi connectivity index (χ4n) is 1.62. The van der Waals surface area contributed by atoms with Crippen LogP contribution in [0.1, 0.15) is 26.7 Å². The summed E-state index contributed by atoms with van der Waals surface area (Å²) in [5.41, 5.74) is 6.88. The first-order valence-electron chi connectivity index (χ1n) is 4.39. The maximum absolute atomic E-state index is 11.0. The second-order valence-corrected chi connectivity index (χ2v) is 3.32. The van der Waals surface area contributed by atoms with E-state index >= 15 is 0 Å². The summed E-state index contributed by atoms with van der Waals surface area (Å²) in [6.07, 6.45) is 3.59. The Bertz CT molecular complexity index is 211. The molecule has 0 aromatic heterocycles. The SMILES string of the molecule is CCCC1C(C)=CC(=O)NC1N. The molecule has 0 spiro atoms. The molecule has 1 rings (SSSR count). The first-order chi connectivity index (χ1) is 5.65. The van der Waals surface area contributed by atoms with Crippen LogP contribution in [0.2, 0.25) is 0 Å². The van der Waals surface area contributed by atoms with Crippen molar-refractivity contribution < 1.29 is 4.79 Å². The molecule has 3 nitrogen and oxygen atoms in total. The summed E-state index contributed by atoms with van der Waals surface area (Å²) in [7, 11) is 0. The number of amides is 1. The molecule has 3 heteroatoms. The molecule has 0 aromatic rings. The minimum Gasteiger partial charge on any atom is -0.337 e. The lowest BCUT2D eigenvalue weighted by molar-refractivity contribution is -0.118. The predicted octanol–water partition coefficient (Wildman–Crippen LogP) is 0.764. The van der Waals surface area contributed by atoms with Gasteiger partial charge in [-0.05, 0) is 13.3 Å². The molecule has 0 aromatic carbocycles. The second-order valence-electron chi connectivity index (χ2n) is 3.32. The first kappa shape index (κ1) is 9.26. The van der Waals surface area contributed by atoms with Crippen LogP contribution in [0.15, 0.2) is 11.6 Å². The Hall–Kier alpha value is -0.830. The van der Waals surface area contributed by atoms with Gasteiger partial charge in [-0.25, -0.2) is 0 Å². The molecule has 1 aliphatic heterocycles. The normalized spacial score (nSPS) is 29.6. The van der Waals surface area contributed by atoms with Crippen molar-refractivity contribution in [3.05, 3.63) is 11.6 Å². The molecule has 1 heterocycles. The summed E-state index contributed by atoms with van der Waals surface area (Å²) in [4.78, 5) is 11.0. The minimum absolute atomic E-state index is 0.0626. The Morgan fingerprint density at radius 2 is 2.33 bits per heavy atom. The van der Waals surface area contributed by atoms with Crippen LogP contribution < -0.4 is 11.1 Å². The van der Waals surface area contributed by atoms with Gasteiger partial charge in [-0.15, -0.1) is 0 Å². The third-order valence-electron chi connectivity index (χ3n) is 2.29. The van der Waals surface area contributed by atoms with E-state index in [1.807, 2.05) is 6.92 Å². The van der Waals surface area contributed by atoms with Gasteiger partial charge in [-0.3, -0.25) is 4.79 Å². The highest BCUT2D eigenvalue weighted by Gasteiger charge is 2.24. The predicted molar refractivity (Wildman–Crippen MR) is 48.3 cm³/mol. The zero-order valence-electron chi connectivity index (χ0n) is 7.63. The molecule has 0 radical (unpaired) electrons. The lowest BCUT2D eigenvalue weighted by Crippen LogP contribution is -2.49. The highest BCUT2D eigenvalue weighted by Crippen LogP contribution is 2.21. The molecule has 2 atom stereocenters. The van der Waals surface area contributed by atoms with Crippen LogP contribution in [0.25, 0.3) is 0 Å². The quantitative estimate of drug-likeness (QED) is 0.639. The second kappa shape index (κ2) is 3.72. The van der Waals surface area contributed by atoms with E-state index in [1.165, 1.54) is 0 Å². The van der Waals surface area contributed by atoms with Gasteiger partial charge in [0.2, 0.25) is 5.91 Å². The lowest BCUT2D eigenvalue weighted by Gasteiger charge is -2.28. The molecule has 12 heavy (non-hydrogen) atoms. The average Bonchev–Trinajstić information content (AvgIpc) is 1.96. The maximum Gasteiger partial charge on any atom is 0.245 e. The van der Waals surface area contributed by atoms with Crippen molar-refractivity contribution in [3.8, 4) is 0 Å². The molecule has 2 unspecified atom stereocenters. The van der Waals surface area contributed by atoms with Gasteiger partial charge in [-0.1, -0.05) is 18.9 Å². The van der Waals surface area contributed by atoms with E-state index in [0.29, 0.717) is 5.92 Å². The van der Waals surface area contributed by atoms with Crippen LogP contribution in [-0.4, -0.2) is 12.1 Å². The van der Waals surface area contributed by atoms with E-state index in [-0.39, 0.29) is 12.1 Å². The van der Waals surface area contributed by atoms with E-state index < -0.39 is 0 Å². The molecule has 0 bridgehead atoms. The number of nitrogens with two attached hydrogens (primary N) is 1. The number of hydrogen-bond donors (Lipinski definition) is 2. The smallest absolute Gasteiger partial charge is 0.245 e. The summed E-state index contributed by atoms with van der Waals surface area (Å²) in [5.74, 6) is 0.264. The summed E-state index contributed by atoms with van der Waals surface area (Å²) < 4.78 is 0. The molecule has 1 aliphatic rings. The van der Waals surface area contributed by atoms with Crippen molar-refractivity contribution in [2.45, 2.75) is 32.9 Å². The van der Waals surface area contributed by atoms with E-state index in [0.717, 1.165) is 18.4 Å². The molecule has 68 valence electrons. The fraction of sp³-hybridized carbons (Fsp3) is 0.667. The molecule has 0 saturated heterocycles. The number of carbonyl (C=O) groups excluding carboxylic acids is 1. The average molecular weight is 168 g/mol. The van der Waals surface area contributed by atoms with Gasteiger partial charge in [0.05, 0.1) is 6.17 Å². The van der Waals surface area contributed by atoms with Crippen molar-refractivity contribution in [3.63, 3.8) is 0 Å². The van der Waals surface area contributed by atoms with Gasteiger partial charge in [0, 0.05) is 12.0 Å². The summed E-state index contributed by atoms with van der Waals surface area (Å²) >= 11 is 0. The van der Waals surface area contributed by atoms with Gasteiger partial charge >= 0.3 is 0 Å². The van der Waals surface area contributed by atoms with E-state index in [4.69, 9.17) is 5.73 Å². The van der Waals surface area contributed by atoms with Gasteiger partial charge < -0.3 is 11.1 Å². The fourth-order valence-corrected chi connectivity index (χ4v) is 1.62. The highest BCUT2D eigenvalue weighted by molar-refractivity contribution is 5.89. The van der Waals surface area contributed by atoms with Crippen molar-refractivity contribution in [1.29, 1.82) is 0 Å². The summed E-state index contributed by atoms with van der Waals surface area (Å²) in [6, 6.07) is 0. The minimum atomic E-state index is -0.192. The summed E-state index contributed by atoms with van der Waals surface area (Å²) in [5, 5.41) is 2.71. The zero-order valence-corrected chi connectivity index (χ0v) is 7.63. The van der Waals surface area contributed by atoms with Crippen molar-refractivity contribution in [2.75, 3.05) is 0 Å². The number of carbonyl (C=O) groups is 1. The third kappa shape index (κ3) is 1.85. The van der Waals surface area contributed by atoms with Crippen LogP contribution in [0.4, 0.5) is 0 Å². The lowest BCUT2D eigenvalue weighted by atomic mass is 9.90. The first-order valence-corrected chi connectivity index (χ1v) is 4.39. The Morgan fingerprint density at radius 3 is 2.83 bits per heavy atom. The van der Waals surface area contributed by atoms with E-state index in [2.05, 4.69) is 12.2 Å². The van der Waals surface area contributed by atoms with Crippen molar-refractivity contribution >= 4 is 5.91 Å². The third-order valence-corrected chi connectivity index (χ3v) is 2.29. The largest absolute Gasteiger partial charge is 0.337 e. The van der Waals surface area contributed by atoms with Crippen LogP contribution in [0, 0.1) is 5.92 Å². The molecule has 0 saturated carbocycles. The Morgan fingerprint density at radius 1 is 1.67 bits per heavy atom. The van der Waals surface area contributed by atoms with Crippen molar-refractivity contribution in [2.24, 2.45) is 11.7 Å². The van der Waals surface area contributed by atoms with Crippen LogP contribution in [0.3, 0.4) is 0 Å². The molecular formula is C9H16N2O. The van der Waals surface area contributed by atoms with Crippen LogP contribution >= 0.6 is 0 Å². The van der Waals surface area contributed by atoms with E-state index in [9.17, 15) is 4.79 Å². The molecule has 0 fully saturated rings. The highest BCUT2D eigenvalue weighted by atomic mass is 16.1. The van der Waals surface area contributed by atoms with Gasteiger partial charge in [0.1, 0.15) is 0 Å². The number of rotatable bonds is 2. The topological polar surface area (TPSA) is 55.1 Å². The summed E-state index contributed by atoms with van der Waals surface area (Å²) in [6.45, 7) is 4.09. The Kier molecular flexibility index (Phi) is 2.87. The number of hydrogen-bond acceptors (Lipinski definition) is 2. The van der Waals surface area contributed by atoms with E-state index in [1.54, 1.807) is 6.08 Å². The van der Waals surface area contributed by atoms with Crippen LogP contribution in [-0.2, 0) is 4.79 Å². The monoisotopic (exact) mass is 168 g/mol. The molecule has 3 N–H and O–H groups in total. The van der Waals surface area contributed by atoms with Crippen molar-refractivity contribution in [1.82, 2.24) is 5.32 Å². The van der Waals surface area contributed by atoms with Gasteiger partial charge in [-0.2, -0.15) is 0 Å². The van der Waals surface area contributed by atoms with Gasteiger partial charge in [0.15, 0.2) is 0 Å². The Balaban J connectivity index is 2.71. The van der Waals surface area contributed by atoms with Crippen LogP contribution in [0.5, 0.6) is 0 Å². The number of nitrogens with one attached hydrogen (secondary N) is 1. The molecular weight excluding hydrogens is 152 g/mol. The molecule has 0 aliphatic carbocycles. The Labute approximate surface area is 73.0 Å². The standard InChI is InChI=1S/C9H16N2O/c1-3-4-7-6(2)5-8(12)11-9(7)10/h5,7,9H,3-4,10H2,1-2H3,(H,11,12). The zero-order chi connectivity index (χ0) is 9.14. The van der Waals surface area contributed by atoms with Gasteiger partial charge in [0.25, 0.3) is 0 Å². The molecule has 1 amide bonds. The maximum atomic E-state index is 11.0.